The molecule has 104 valence electrons. The molecular formula is C17H19NO2. The van der Waals surface area contributed by atoms with Crippen LogP contribution >= 0.6 is 0 Å². The molecule has 2 unspecified atom stereocenters. The molecule has 2 aromatic rings. The number of aliphatic hydroxyl groups is 1. The molecular weight excluding hydrogens is 250 g/mol. The Morgan fingerprint density at radius 2 is 2.15 bits per heavy atom. The van der Waals surface area contributed by atoms with Crippen LogP contribution in [-0.4, -0.2) is 16.7 Å². The van der Waals surface area contributed by atoms with Gasteiger partial charge in [-0.05, 0) is 43.4 Å². The fraction of sp³-hybridized carbons (Fsp3) is 0.353. The van der Waals surface area contributed by atoms with Crippen LogP contribution < -0.4 is 4.74 Å². The third kappa shape index (κ3) is 2.54. The minimum Gasteiger partial charge on any atom is -0.493 e. The maximum absolute atomic E-state index is 10.8. The number of ether oxygens (including phenoxy) is 1. The molecule has 0 fully saturated rings. The van der Waals surface area contributed by atoms with Gasteiger partial charge in [-0.1, -0.05) is 24.3 Å². The first-order valence-corrected chi connectivity index (χ1v) is 7.01. The van der Waals surface area contributed by atoms with Crippen LogP contribution in [0.4, 0.5) is 0 Å². The molecule has 0 radical (unpaired) electrons. The van der Waals surface area contributed by atoms with Gasteiger partial charge in [0, 0.05) is 18.0 Å². The SMILES string of the molecule is CC(O)(CC1CCOc2ccccc21)c1cccnc1. The molecule has 1 aliphatic heterocycles. The Morgan fingerprint density at radius 3 is 2.95 bits per heavy atom. The van der Waals surface area contributed by atoms with E-state index in [9.17, 15) is 5.11 Å². The van der Waals surface area contributed by atoms with Crippen LogP contribution in [0, 0.1) is 0 Å². The second-order valence-corrected chi connectivity index (χ2v) is 5.59. The number of rotatable bonds is 3. The Kier molecular flexibility index (Phi) is 3.45. The van der Waals surface area contributed by atoms with Gasteiger partial charge in [-0.2, -0.15) is 0 Å². The zero-order chi connectivity index (χ0) is 14.0. The van der Waals surface area contributed by atoms with Crippen LogP contribution in [-0.2, 0) is 5.60 Å². The molecule has 3 nitrogen and oxygen atoms in total. The minimum atomic E-state index is -0.872. The molecule has 1 aliphatic rings. The van der Waals surface area contributed by atoms with Crippen molar-refractivity contribution in [1.82, 2.24) is 4.98 Å². The van der Waals surface area contributed by atoms with Gasteiger partial charge in [0.25, 0.3) is 0 Å². The van der Waals surface area contributed by atoms with Crippen molar-refractivity contribution in [2.24, 2.45) is 0 Å². The summed E-state index contributed by atoms with van der Waals surface area (Å²) in [7, 11) is 0. The third-order valence-electron chi connectivity index (χ3n) is 4.01. The molecule has 1 aromatic carbocycles. The van der Waals surface area contributed by atoms with E-state index >= 15 is 0 Å². The highest BCUT2D eigenvalue weighted by molar-refractivity contribution is 5.38. The van der Waals surface area contributed by atoms with Crippen LogP contribution in [0.25, 0.3) is 0 Å². The van der Waals surface area contributed by atoms with E-state index in [0.717, 1.165) is 17.7 Å². The van der Waals surface area contributed by atoms with Gasteiger partial charge in [-0.15, -0.1) is 0 Å². The quantitative estimate of drug-likeness (QED) is 0.930. The van der Waals surface area contributed by atoms with Gasteiger partial charge < -0.3 is 9.84 Å². The molecule has 0 saturated heterocycles. The first kappa shape index (κ1) is 13.1. The maximum Gasteiger partial charge on any atom is 0.122 e. The molecule has 2 atom stereocenters. The van der Waals surface area contributed by atoms with E-state index in [1.807, 2.05) is 37.3 Å². The zero-order valence-electron chi connectivity index (χ0n) is 11.6. The predicted octanol–water partition coefficient (Wildman–Crippen LogP) is 3.25. The Labute approximate surface area is 119 Å². The van der Waals surface area contributed by atoms with Crippen molar-refractivity contribution in [2.45, 2.75) is 31.3 Å². The highest BCUT2D eigenvalue weighted by atomic mass is 16.5. The van der Waals surface area contributed by atoms with Crippen molar-refractivity contribution in [1.29, 1.82) is 0 Å². The summed E-state index contributed by atoms with van der Waals surface area (Å²) in [6.45, 7) is 2.58. The lowest BCUT2D eigenvalue weighted by Gasteiger charge is -2.32. The number of hydrogen-bond donors (Lipinski definition) is 1. The smallest absolute Gasteiger partial charge is 0.122 e. The van der Waals surface area contributed by atoms with Gasteiger partial charge in [0.2, 0.25) is 0 Å². The van der Waals surface area contributed by atoms with Gasteiger partial charge in [0.05, 0.1) is 12.2 Å². The summed E-state index contributed by atoms with van der Waals surface area (Å²) in [5.74, 6) is 1.26. The van der Waals surface area contributed by atoms with Crippen LogP contribution in [0.2, 0.25) is 0 Å². The number of aromatic nitrogens is 1. The van der Waals surface area contributed by atoms with Crippen molar-refractivity contribution in [3.63, 3.8) is 0 Å². The Balaban J connectivity index is 1.85. The molecule has 3 rings (SSSR count). The number of fused-ring (bicyclic) bond motifs is 1. The molecule has 0 bridgehead atoms. The van der Waals surface area contributed by atoms with Crippen molar-refractivity contribution in [3.05, 3.63) is 59.9 Å². The first-order chi connectivity index (χ1) is 9.67. The fourth-order valence-corrected chi connectivity index (χ4v) is 2.91. The monoisotopic (exact) mass is 269 g/mol. The molecule has 20 heavy (non-hydrogen) atoms. The van der Waals surface area contributed by atoms with Crippen molar-refractivity contribution in [3.8, 4) is 5.75 Å². The summed E-state index contributed by atoms with van der Waals surface area (Å²) in [5, 5.41) is 10.8. The van der Waals surface area contributed by atoms with E-state index in [-0.39, 0.29) is 0 Å². The highest BCUT2D eigenvalue weighted by Crippen LogP contribution is 2.40. The predicted molar refractivity (Wildman–Crippen MR) is 77.7 cm³/mol. The number of pyridine rings is 1. The largest absolute Gasteiger partial charge is 0.493 e. The van der Waals surface area contributed by atoms with Gasteiger partial charge >= 0.3 is 0 Å². The summed E-state index contributed by atoms with van der Waals surface area (Å²) < 4.78 is 5.68. The summed E-state index contributed by atoms with van der Waals surface area (Å²) in [6.07, 6.45) is 5.08. The summed E-state index contributed by atoms with van der Waals surface area (Å²) in [4.78, 5) is 4.10. The van der Waals surface area contributed by atoms with E-state index < -0.39 is 5.60 Å². The summed E-state index contributed by atoms with van der Waals surface area (Å²) in [6, 6.07) is 11.9. The topological polar surface area (TPSA) is 42.4 Å². The van der Waals surface area contributed by atoms with E-state index in [0.29, 0.717) is 18.9 Å². The molecule has 0 saturated carbocycles. The normalized spacial score (nSPS) is 20.6. The number of para-hydroxylation sites is 1. The van der Waals surface area contributed by atoms with Gasteiger partial charge in [0.15, 0.2) is 0 Å². The van der Waals surface area contributed by atoms with Crippen molar-refractivity contribution < 1.29 is 9.84 Å². The lowest BCUT2D eigenvalue weighted by molar-refractivity contribution is 0.0349. The average molecular weight is 269 g/mol. The lowest BCUT2D eigenvalue weighted by atomic mass is 9.81. The Hall–Kier alpha value is -1.87. The molecule has 0 amide bonds. The molecule has 1 N–H and O–H groups in total. The van der Waals surface area contributed by atoms with Gasteiger partial charge in [-0.25, -0.2) is 0 Å². The van der Waals surface area contributed by atoms with Gasteiger partial charge in [0.1, 0.15) is 5.75 Å². The zero-order valence-corrected chi connectivity index (χ0v) is 11.6. The molecule has 1 aromatic heterocycles. The fourth-order valence-electron chi connectivity index (χ4n) is 2.91. The maximum atomic E-state index is 10.8. The highest BCUT2D eigenvalue weighted by Gasteiger charge is 2.31. The van der Waals surface area contributed by atoms with Gasteiger partial charge in [-0.3, -0.25) is 4.98 Å². The van der Waals surface area contributed by atoms with Crippen molar-refractivity contribution in [2.75, 3.05) is 6.61 Å². The minimum absolute atomic E-state index is 0.315. The van der Waals surface area contributed by atoms with Crippen LogP contribution in [0.5, 0.6) is 5.75 Å². The Bertz CT molecular complexity index is 581. The number of hydrogen-bond acceptors (Lipinski definition) is 3. The van der Waals surface area contributed by atoms with Crippen molar-refractivity contribution >= 4 is 0 Å². The standard InChI is InChI=1S/C17H19NO2/c1-17(19,14-5-4-9-18-12-14)11-13-8-10-20-16-7-3-2-6-15(13)16/h2-7,9,12-13,19H,8,10-11H2,1H3. The van der Waals surface area contributed by atoms with Crippen LogP contribution in [0.1, 0.15) is 36.8 Å². The number of benzene rings is 1. The van der Waals surface area contributed by atoms with E-state index in [1.165, 1.54) is 5.56 Å². The summed E-state index contributed by atoms with van der Waals surface area (Å²) in [5.41, 5.74) is 1.19. The molecule has 0 spiro atoms. The van der Waals surface area contributed by atoms with E-state index in [1.54, 1.807) is 12.4 Å². The first-order valence-electron chi connectivity index (χ1n) is 7.01. The molecule has 0 aliphatic carbocycles. The van der Waals surface area contributed by atoms with E-state index in [2.05, 4.69) is 11.1 Å². The lowest BCUT2D eigenvalue weighted by Crippen LogP contribution is -2.27. The molecule has 2 heterocycles. The molecule has 3 heteroatoms. The Morgan fingerprint density at radius 1 is 1.30 bits per heavy atom. The third-order valence-corrected chi connectivity index (χ3v) is 4.01. The second kappa shape index (κ2) is 5.25. The second-order valence-electron chi connectivity index (χ2n) is 5.59. The van der Waals surface area contributed by atoms with Crippen LogP contribution in [0.15, 0.2) is 48.8 Å². The van der Waals surface area contributed by atoms with Crippen LogP contribution in [0.3, 0.4) is 0 Å². The van der Waals surface area contributed by atoms with E-state index in [4.69, 9.17) is 4.74 Å². The number of nitrogens with zero attached hydrogens (tertiary/aromatic N) is 1. The average Bonchev–Trinajstić information content (AvgIpc) is 2.48. The summed E-state index contributed by atoms with van der Waals surface area (Å²) >= 11 is 0.